The minimum absolute atomic E-state index is 0.121. The molecule has 9 nitrogen and oxygen atoms in total. The summed E-state index contributed by atoms with van der Waals surface area (Å²) in [5, 5.41) is 10.8. The summed E-state index contributed by atoms with van der Waals surface area (Å²) in [5.41, 5.74) is 3.36. The van der Waals surface area contributed by atoms with Crippen LogP contribution >= 0.6 is 27.7 Å². The number of alkyl halides is 1. The lowest BCUT2D eigenvalue weighted by atomic mass is 9.70. The van der Waals surface area contributed by atoms with Crippen LogP contribution < -0.4 is 19.4 Å². The number of aliphatic hydroxyl groups excluding tert-OH is 1. The van der Waals surface area contributed by atoms with Crippen LogP contribution in [-0.2, 0) is 20.8 Å². The van der Waals surface area contributed by atoms with E-state index in [-0.39, 0.29) is 47.5 Å². The second kappa shape index (κ2) is 17.2. The summed E-state index contributed by atoms with van der Waals surface area (Å²) >= 11 is 5.52. The molecule has 3 aliphatic heterocycles. The highest BCUT2D eigenvalue weighted by Crippen LogP contribution is 2.68. The quantitative estimate of drug-likeness (QED) is 0.119. The van der Waals surface area contributed by atoms with Crippen molar-refractivity contribution in [3.05, 3.63) is 110 Å². The fraction of sp³-hybridized carbons (Fsp3) is 0.419. The molecule has 3 unspecified atom stereocenters. The number of aliphatic hydroxyl groups is 1. The van der Waals surface area contributed by atoms with E-state index in [9.17, 15) is 9.90 Å². The highest BCUT2D eigenvalue weighted by Gasteiger charge is 2.76. The number of benzene rings is 3. The molecule has 0 saturated carbocycles. The lowest BCUT2D eigenvalue weighted by molar-refractivity contribution is -0.141. The molecule has 3 amide bonds. The van der Waals surface area contributed by atoms with Gasteiger partial charge in [-0.05, 0) is 87.7 Å². The molecule has 3 aromatic carbocycles. The summed E-state index contributed by atoms with van der Waals surface area (Å²) in [4.78, 5) is 52.7. The Morgan fingerprint density at radius 2 is 1.50 bits per heavy atom. The van der Waals surface area contributed by atoms with E-state index in [1.165, 1.54) is 0 Å². The molecule has 2 bridgehead atoms. The van der Waals surface area contributed by atoms with Gasteiger partial charge in [-0.25, -0.2) is 0 Å². The third-order valence-electron chi connectivity index (χ3n) is 11.1. The van der Waals surface area contributed by atoms with Crippen LogP contribution in [0.2, 0.25) is 0 Å². The molecule has 3 heterocycles. The van der Waals surface area contributed by atoms with Crippen molar-refractivity contribution in [2.24, 2.45) is 11.8 Å². The van der Waals surface area contributed by atoms with Gasteiger partial charge >= 0.3 is 0 Å². The molecule has 7 atom stereocenters. The van der Waals surface area contributed by atoms with Crippen LogP contribution in [0.5, 0.6) is 5.75 Å². The molecular weight excluding hydrogens is 764 g/mol. The predicted octanol–water partition coefficient (Wildman–Crippen LogP) is 6.74. The summed E-state index contributed by atoms with van der Waals surface area (Å²) < 4.78 is 4.73. The molecule has 11 heteroatoms. The lowest BCUT2D eigenvalue weighted by Crippen LogP contribution is -2.58. The first-order chi connectivity index (χ1) is 26.2. The number of likely N-dealkylation sites (tertiary alicyclic amines) is 1. The molecule has 54 heavy (non-hydrogen) atoms. The van der Waals surface area contributed by atoms with Crippen LogP contribution in [0.25, 0.3) is 0 Å². The Labute approximate surface area is 332 Å². The molecule has 286 valence electrons. The van der Waals surface area contributed by atoms with Crippen LogP contribution in [0.15, 0.2) is 104 Å². The normalized spacial score (nSPS) is 24.5. The van der Waals surface area contributed by atoms with Crippen LogP contribution in [-0.4, -0.2) is 94.0 Å². The van der Waals surface area contributed by atoms with Crippen molar-refractivity contribution in [1.29, 1.82) is 0 Å². The third kappa shape index (κ3) is 7.22. The monoisotopic (exact) mass is 814 g/mol. The van der Waals surface area contributed by atoms with Crippen molar-refractivity contribution in [3.63, 3.8) is 0 Å². The SMILES string of the molecule is C=CCN(C(=O)C1N([C@@H](CO)Cc2ccccc2)C(=O)[C@@H]2[C@@H](C(=O)N(CC=C)c3ccc(OCC)cc3)[C@@H]3SC12CC3Br)c1ccc(N(CC)CC)cc1. The summed E-state index contributed by atoms with van der Waals surface area (Å²) in [6.45, 7) is 16.4. The van der Waals surface area contributed by atoms with E-state index in [2.05, 4.69) is 47.8 Å². The number of amides is 3. The Hall–Kier alpha value is -4.06. The van der Waals surface area contributed by atoms with Gasteiger partial charge in [0.05, 0.1) is 35.8 Å². The highest BCUT2D eigenvalue weighted by molar-refractivity contribution is 9.09. The van der Waals surface area contributed by atoms with Crippen molar-refractivity contribution < 1.29 is 24.2 Å². The highest BCUT2D eigenvalue weighted by atomic mass is 79.9. The number of thioether (sulfide) groups is 1. The summed E-state index contributed by atoms with van der Waals surface area (Å²) in [6, 6.07) is 23.4. The number of carbonyl (C=O) groups is 3. The number of carbonyl (C=O) groups excluding carboxylic acids is 3. The number of anilines is 3. The molecule has 0 radical (unpaired) electrons. The zero-order chi connectivity index (χ0) is 38.6. The van der Waals surface area contributed by atoms with Gasteiger partial charge in [0.1, 0.15) is 11.8 Å². The van der Waals surface area contributed by atoms with Gasteiger partial charge < -0.3 is 29.4 Å². The first-order valence-corrected chi connectivity index (χ1v) is 20.7. The lowest BCUT2D eigenvalue weighted by Gasteiger charge is -2.40. The molecule has 3 aromatic rings. The smallest absolute Gasteiger partial charge is 0.251 e. The first kappa shape index (κ1) is 39.6. The Kier molecular flexibility index (Phi) is 12.6. The predicted molar refractivity (Wildman–Crippen MR) is 223 cm³/mol. The van der Waals surface area contributed by atoms with Crippen molar-refractivity contribution in [2.75, 3.05) is 54.1 Å². The average molecular weight is 816 g/mol. The molecule has 6 rings (SSSR count). The van der Waals surface area contributed by atoms with E-state index in [1.54, 1.807) is 38.6 Å². The number of halogens is 1. The summed E-state index contributed by atoms with van der Waals surface area (Å²) in [5.74, 6) is -1.50. The van der Waals surface area contributed by atoms with Gasteiger partial charge in [-0.3, -0.25) is 14.4 Å². The van der Waals surface area contributed by atoms with E-state index < -0.39 is 28.7 Å². The van der Waals surface area contributed by atoms with Crippen molar-refractivity contribution in [1.82, 2.24) is 4.90 Å². The van der Waals surface area contributed by atoms with Crippen LogP contribution in [0, 0.1) is 11.8 Å². The third-order valence-corrected chi connectivity index (χ3v) is 14.3. The summed E-state index contributed by atoms with van der Waals surface area (Å²) in [6.07, 6.45) is 4.26. The summed E-state index contributed by atoms with van der Waals surface area (Å²) in [7, 11) is 0. The van der Waals surface area contributed by atoms with E-state index >= 15 is 9.59 Å². The maximum absolute atomic E-state index is 15.4. The first-order valence-electron chi connectivity index (χ1n) is 18.9. The Bertz CT molecular complexity index is 1810. The van der Waals surface area contributed by atoms with Crippen LogP contribution in [0.3, 0.4) is 0 Å². The van der Waals surface area contributed by atoms with Crippen molar-refractivity contribution in [2.45, 2.75) is 60.5 Å². The number of hydrogen-bond acceptors (Lipinski definition) is 7. The molecule has 1 spiro atoms. The topological polar surface area (TPSA) is 93.6 Å². The Morgan fingerprint density at radius 1 is 0.926 bits per heavy atom. The van der Waals surface area contributed by atoms with E-state index in [1.807, 2.05) is 85.8 Å². The number of fused-ring (bicyclic) bond motifs is 1. The van der Waals surface area contributed by atoms with Gasteiger partial charge in [-0.2, -0.15) is 0 Å². The zero-order valence-electron chi connectivity index (χ0n) is 31.4. The molecular formula is C43H51BrN4O5S. The average Bonchev–Trinajstić information content (AvgIpc) is 3.79. The fourth-order valence-corrected chi connectivity index (χ4v) is 12.3. The second-order valence-corrected chi connectivity index (χ2v) is 16.7. The maximum Gasteiger partial charge on any atom is 0.251 e. The van der Waals surface area contributed by atoms with Gasteiger partial charge in [-0.1, -0.05) is 58.4 Å². The standard InChI is InChI=1S/C43H51BrN4O5S/c1-6-24-46(32-20-22-34(23-21-32)53-10-5)40(50)36-37-41(51)48(33(28-49)26-29-14-12-11-13-15-29)39(43(37)27-35(44)38(36)54-43)42(52)47(25-7-2)31-18-16-30(17-19-31)45(8-3)9-4/h6-7,11-23,33,35-39,49H,1-2,8-10,24-28H2,3-5H3/t33-,35?,36-,37+,38-,39?,43?/m1/s1. The Morgan fingerprint density at radius 3 is 2.06 bits per heavy atom. The molecule has 3 fully saturated rings. The van der Waals surface area contributed by atoms with Gasteiger partial charge in [0.15, 0.2) is 0 Å². The fourth-order valence-electron chi connectivity index (χ4n) is 8.71. The largest absolute Gasteiger partial charge is 0.494 e. The van der Waals surface area contributed by atoms with Gasteiger partial charge in [-0.15, -0.1) is 24.9 Å². The van der Waals surface area contributed by atoms with Crippen LogP contribution in [0.1, 0.15) is 32.8 Å². The number of ether oxygens (including phenoxy) is 1. The minimum atomic E-state index is -0.940. The second-order valence-electron chi connectivity index (χ2n) is 14.0. The zero-order valence-corrected chi connectivity index (χ0v) is 33.8. The maximum atomic E-state index is 15.4. The molecule has 3 saturated heterocycles. The van der Waals surface area contributed by atoms with E-state index in [0.717, 1.165) is 24.3 Å². The Balaban J connectivity index is 1.44. The van der Waals surface area contributed by atoms with Crippen molar-refractivity contribution in [3.8, 4) is 5.75 Å². The number of nitrogens with zero attached hydrogens (tertiary/aromatic N) is 4. The molecule has 3 aliphatic rings. The number of hydrogen-bond donors (Lipinski definition) is 1. The van der Waals surface area contributed by atoms with Gasteiger partial charge in [0, 0.05) is 53.3 Å². The molecule has 1 N–H and O–H groups in total. The van der Waals surface area contributed by atoms with Gasteiger partial charge in [0.2, 0.25) is 11.8 Å². The number of rotatable bonds is 17. The van der Waals surface area contributed by atoms with E-state index in [4.69, 9.17) is 4.74 Å². The van der Waals surface area contributed by atoms with Gasteiger partial charge in [0.25, 0.3) is 5.91 Å². The van der Waals surface area contributed by atoms with Crippen LogP contribution in [0.4, 0.5) is 17.1 Å². The van der Waals surface area contributed by atoms with Crippen molar-refractivity contribution >= 4 is 62.5 Å². The molecule has 0 aromatic heterocycles. The minimum Gasteiger partial charge on any atom is -0.494 e. The molecule has 0 aliphatic carbocycles. The van der Waals surface area contributed by atoms with E-state index in [0.29, 0.717) is 36.6 Å².